The Hall–Kier alpha value is -3.67. The van der Waals surface area contributed by atoms with Crippen LogP contribution in [0.3, 0.4) is 0 Å². The van der Waals surface area contributed by atoms with Crippen molar-refractivity contribution in [2.75, 3.05) is 17.3 Å². The van der Waals surface area contributed by atoms with Crippen LogP contribution in [0.2, 0.25) is 0 Å². The molecule has 1 fully saturated rings. The number of nitrogens with one attached hydrogen (secondary N) is 1. The molecule has 3 aromatic carbocycles. The first-order valence-electron chi connectivity index (χ1n) is 9.15. The Bertz CT molecular complexity index is 1050. The van der Waals surface area contributed by atoms with Crippen molar-refractivity contribution in [1.29, 1.82) is 0 Å². The summed E-state index contributed by atoms with van der Waals surface area (Å²) in [6.07, 6.45) is -0.0193. The molecule has 1 N–H and O–H groups in total. The van der Waals surface area contributed by atoms with E-state index in [0.29, 0.717) is 17.0 Å². The maximum Gasteiger partial charge on any atom is 0.256 e. The van der Waals surface area contributed by atoms with Crippen molar-refractivity contribution in [3.63, 3.8) is 0 Å². The molecule has 1 aliphatic heterocycles. The Morgan fingerprint density at radius 2 is 1.66 bits per heavy atom. The summed E-state index contributed by atoms with van der Waals surface area (Å²) in [5.74, 6) is -0.565. The minimum Gasteiger partial charge on any atom is -0.497 e. The number of amides is 2. The van der Waals surface area contributed by atoms with E-state index in [4.69, 9.17) is 4.74 Å². The first-order valence-corrected chi connectivity index (χ1v) is 9.15. The zero-order valence-corrected chi connectivity index (χ0v) is 15.8. The van der Waals surface area contributed by atoms with Gasteiger partial charge in [0.15, 0.2) is 5.54 Å². The molecular weight excluding hydrogens is 371 g/mol. The van der Waals surface area contributed by atoms with Gasteiger partial charge < -0.3 is 10.1 Å². The van der Waals surface area contributed by atoms with Gasteiger partial charge in [0.25, 0.3) is 5.91 Å². The van der Waals surface area contributed by atoms with E-state index in [1.165, 1.54) is 17.0 Å². The number of carbonyl (C=O) groups excluding carboxylic acids is 2. The molecular formula is C23H19FN2O3. The summed E-state index contributed by atoms with van der Waals surface area (Å²) >= 11 is 0. The molecule has 146 valence electrons. The van der Waals surface area contributed by atoms with Crippen LogP contribution in [0.15, 0.2) is 78.9 Å². The van der Waals surface area contributed by atoms with Crippen molar-refractivity contribution in [3.8, 4) is 5.75 Å². The number of halogens is 1. The molecule has 0 bridgehead atoms. The van der Waals surface area contributed by atoms with Crippen LogP contribution < -0.4 is 15.0 Å². The molecule has 0 saturated carbocycles. The number of hydrogen-bond acceptors (Lipinski definition) is 3. The second-order valence-corrected chi connectivity index (χ2v) is 6.76. The Kier molecular flexibility index (Phi) is 4.76. The van der Waals surface area contributed by atoms with Crippen molar-refractivity contribution in [2.24, 2.45) is 0 Å². The minimum atomic E-state index is -1.28. The topological polar surface area (TPSA) is 58.6 Å². The largest absolute Gasteiger partial charge is 0.497 e. The molecule has 2 amide bonds. The molecule has 1 atom stereocenters. The fraction of sp³-hybridized carbons (Fsp3) is 0.130. The number of hydrogen-bond donors (Lipinski definition) is 1. The molecule has 6 heteroatoms. The van der Waals surface area contributed by atoms with Gasteiger partial charge in [-0.2, -0.15) is 0 Å². The average molecular weight is 390 g/mol. The standard InChI is InChI=1S/C23H19FN2O3/c1-29-18-13-11-16(12-14-18)23(22(28)25-20-10-6-5-9-19(20)24)15-21(27)26(23)17-7-3-2-4-8-17/h2-14H,15H2,1H3,(H,25,28)/t23-/m1/s1. The van der Waals surface area contributed by atoms with E-state index < -0.39 is 17.3 Å². The Balaban J connectivity index is 1.80. The highest BCUT2D eigenvalue weighted by molar-refractivity contribution is 6.17. The molecule has 4 rings (SSSR count). The third-order valence-electron chi connectivity index (χ3n) is 5.12. The van der Waals surface area contributed by atoms with E-state index >= 15 is 0 Å². The SMILES string of the molecule is COc1ccc([C@@]2(C(=O)Nc3ccccc3F)CC(=O)N2c2ccccc2)cc1. The summed E-state index contributed by atoms with van der Waals surface area (Å²) in [6, 6.07) is 21.9. The zero-order chi connectivity index (χ0) is 20.4. The van der Waals surface area contributed by atoms with Crippen molar-refractivity contribution in [2.45, 2.75) is 12.0 Å². The summed E-state index contributed by atoms with van der Waals surface area (Å²) in [6.45, 7) is 0. The summed E-state index contributed by atoms with van der Waals surface area (Å²) < 4.78 is 19.4. The predicted molar refractivity (Wildman–Crippen MR) is 108 cm³/mol. The van der Waals surface area contributed by atoms with Crippen LogP contribution >= 0.6 is 0 Å². The molecule has 3 aromatic rings. The van der Waals surface area contributed by atoms with Gasteiger partial charge >= 0.3 is 0 Å². The number of rotatable bonds is 5. The van der Waals surface area contributed by atoms with Gasteiger partial charge in [-0.3, -0.25) is 14.5 Å². The highest BCUT2D eigenvalue weighted by Crippen LogP contribution is 2.46. The van der Waals surface area contributed by atoms with Gasteiger partial charge in [0, 0.05) is 5.69 Å². The van der Waals surface area contributed by atoms with Gasteiger partial charge in [-0.15, -0.1) is 0 Å². The monoisotopic (exact) mass is 390 g/mol. The summed E-state index contributed by atoms with van der Waals surface area (Å²) in [4.78, 5) is 27.5. The van der Waals surface area contributed by atoms with Crippen LogP contribution in [-0.2, 0) is 15.1 Å². The molecule has 0 radical (unpaired) electrons. The lowest BCUT2D eigenvalue weighted by Crippen LogP contribution is -2.67. The molecule has 1 heterocycles. The van der Waals surface area contributed by atoms with Crippen molar-refractivity contribution in [3.05, 3.63) is 90.2 Å². The smallest absolute Gasteiger partial charge is 0.256 e. The van der Waals surface area contributed by atoms with Gasteiger partial charge in [-0.1, -0.05) is 42.5 Å². The van der Waals surface area contributed by atoms with Crippen molar-refractivity contribution in [1.82, 2.24) is 0 Å². The first kappa shape index (κ1) is 18.7. The molecule has 0 aliphatic carbocycles. The quantitative estimate of drug-likeness (QED) is 0.667. The van der Waals surface area contributed by atoms with Crippen molar-refractivity contribution >= 4 is 23.2 Å². The average Bonchev–Trinajstić information content (AvgIpc) is 2.74. The number of anilines is 2. The molecule has 0 unspecified atom stereocenters. The van der Waals surface area contributed by atoms with Crippen LogP contribution in [-0.4, -0.2) is 18.9 Å². The highest BCUT2D eigenvalue weighted by Gasteiger charge is 2.58. The van der Waals surface area contributed by atoms with Gasteiger partial charge in [-0.25, -0.2) is 4.39 Å². The van der Waals surface area contributed by atoms with E-state index in [1.807, 2.05) is 6.07 Å². The number of benzene rings is 3. The Morgan fingerprint density at radius 3 is 2.28 bits per heavy atom. The van der Waals surface area contributed by atoms with Gasteiger partial charge in [0.2, 0.25) is 5.91 Å². The number of β-lactam (4-membered cyclic amide) rings is 1. The third-order valence-corrected chi connectivity index (χ3v) is 5.12. The lowest BCUT2D eigenvalue weighted by Gasteiger charge is -2.50. The highest BCUT2D eigenvalue weighted by atomic mass is 19.1. The fourth-order valence-electron chi connectivity index (χ4n) is 3.64. The van der Waals surface area contributed by atoms with Crippen LogP contribution in [0, 0.1) is 5.82 Å². The molecule has 0 spiro atoms. The fourth-order valence-corrected chi connectivity index (χ4v) is 3.64. The molecule has 1 aliphatic rings. The second kappa shape index (κ2) is 7.39. The normalized spacial score (nSPS) is 18.1. The van der Waals surface area contributed by atoms with E-state index in [9.17, 15) is 14.0 Å². The number of para-hydroxylation sites is 2. The molecule has 5 nitrogen and oxygen atoms in total. The first-order chi connectivity index (χ1) is 14.1. The summed E-state index contributed by atoms with van der Waals surface area (Å²) in [5.41, 5.74) is 0.00378. The van der Waals surface area contributed by atoms with Gasteiger partial charge in [0.05, 0.1) is 19.2 Å². The van der Waals surface area contributed by atoms with Gasteiger partial charge in [0.1, 0.15) is 11.6 Å². The number of nitrogens with zero attached hydrogens (tertiary/aromatic N) is 1. The van der Waals surface area contributed by atoms with Crippen molar-refractivity contribution < 1.29 is 18.7 Å². The minimum absolute atomic E-state index is 0.0193. The third kappa shape index (κ3) is 3.12. The molecule has 0 aromatic heterocycles. The maximum atomic E-state index is 14.1. The second-order valence-electron chi connectivity index (χ2n) is 6.76. The number of methoxy groups -OCH3 is 1. The van der Waals surface area contributed by atoms with Crippen LogP contribution in [0.5, 0.6) is 5.75 Å². The van der Waals surface area contributed by atoms with E-state index in [1.54, 1.807) is 67.8 Å². The Morgan fingerprint density at radius 1 is 1.00 bits per heavy atom. The maximum absolute atomic E-state index is 14.1. The number of carbonyl (C=O) groups is 2. The van der Waals surface area contributed by atoms with Crippen LogP contribution in [0.1, 0.15) is 12.0 Å². The zero-order valence-electron chi connectivity index (χ0n) is 15.8. The summed E-state index contributed by atoms with van der Waals surface area (Å²) in [5, 5.41) is 2.66. The number of ether oxygens (including phenoxy) is 1. The predicted octanol–water partition coefficient (Wildman–Crippen LogP) is 4.11. The molecule has 1 saturated heterocycles. The van der Waals surface area contributed by atoms with Crippen LogP contribution in [0.25, 0.3) is 0 Å². The van der Waals surface area contributed by atoms with Gasteiger partial charge in [-0.05, 0) is 42.0 Å². The van der Waals surface area contributed by atoms with E-state index in [-0.39, 0.29) is 18.0 Å². The van der Waals surface area contributed by atoms with E-state index in [0.717, 1.165) is 0 Å². The molecule has 29 heavy (non-hydrogen) atoms. The lowest BCUT2D eigenvalue weighted by atomic mass is 9.76. The lowest BCUT2D eigenvalue weighted by molar-refractivity contribution is -0.137. The van der Waals surface area contributed by atoms with Crippen LogP contribution in [0.4, 0.5) is 15.8 Å². The summed E-state index contributed by atoms with van der Waals surface area (Å²) in [7, 11) is 1.55. The van der Waals surface area contributed by atoms with E-state index in [2.05, 4.69) is 5.32 Å². The Labute approximate surface area is 167 Å².